The normalized spacial score (nSPS) is 11.3. The predicted octanol–water partition coefficient (Wildman–Crippen LogP) is 2.47. The summed E-state index contributed by atoms with van der Waals surface area (Å²) in [7, 11) is 0. The molecule has 1 N–H and O–H groups in total. The van der Waals surface area contributed by atoms with Crippen molar-refractivity contribution >= 4 is 46.3 Å². The van der Waals surface area contributed by atoms with Crippen molar-refractivity contribution in [2.75, 3.05) is 0 Å². The molecule has 0 aliphatic rings. The Bertz CT molecular complexity index is 327. The lowest BCUT2D eigenvalue weighted by molar-refractivity contribution is -0.119. The number of hydrogen-bond acceptors (Lipinski definition) is 3. The minimum Gasteiger partial charge on any atom is -0.379 e. The van der Waals surface area contributed by atoms with Crippen molar-refractivity contribution in [2.24, 2.45) is 0 Å². The van der Waals surface area contributed by atoms with Crippen molar-refractivity contribution < 1.29 is 14.7 Å². The fourth-order valence-corrected chi connectivity index (χ4v) is 0.892. The van der Waals surface area contributed by atoms with Gasteiger partial charge in [-0.25, -0.2) is 0 Å². The molecule has 0 amide bonds. The first-order valence-corrected chi connectivity index (χ1v) is 5.40. The highest BCUT2D eigenvalue weighted by atomic mass is 35.5. The molecule has 0 saturated heterocycles. The summed E-state index contributed by atoms with van der Waals surface area (Å²) >= 11 is 14.8. The molecule has 1 aromatic carbocycles. The van der Waals surface area contributed by atoms with Crippen molar-refractivity contribution in [3.05, 3.63) is 35.9 Å². The molecule has 1 atom stereocenters. The lowest BCUT2D eigenvalue weighted by Crippen LogP contribution is -2.04. The molecule has 0 aliphatic carbocycles. The van der Waals surface area contributed by atoms with E-state index in [2.05, 4.69) is 0 Å². The summed E-state index contributed by atoms with van der Waals surface area (Å²) in [5, 5.41) is 8.36. The minimum atomic E-state index is -1.20. The Morgan fingerprint density at radius 3 is 2.00 bits per heavy atom. The van der Waals surface area contributed by atoms with Crippen LogP contribution in [0.1, 0.15) is 11.7 Å². The van der Waals surface area contributed by atoms with E-state index in [1.54, 1.807) is 30.3 Å². The molecule has 0 radical (unpaired) electrons. The van der Waals surface area contributed by atoms with Crippen molar-refractivity contribution in [3.63, 3.8) is 0 Å². The van der Waals surface area contributed by atoms with E-state index in [1.165, 1.54) is 0 Å². The van der Waals surface area contributed by atoms with Gasteiger partial charge in [-0.15, -0.1) is 0 Å². The first-order chi connectivity index (χ1) is 7.49. The molecule has 0 aliphatic heterocycles. The van der Waals surface area contributed by atoms with Gasteiger partial charge in [-0.3, -0.25) is 4.79 Å². The highest BCUT2D eigenvalue weighted by Crippen LogP contribution is 2.14. The Morgan fingerprint density at radius 1 is 1.25 bits per heavy atom. The third-order valence-electron chi connectivity index (χ3n) is 1.43. The average Bonchev–Trinajstić information content (AvgIpc) is 2.29. The zero-order chi connectivity index (χ0) is 12.6. The number of aliphatic hydroxyl groups is 1. The van der Waals surface area contributed by atoms with E-state index in [0.717, 1.165) is 0 Å². The van der Waals surface area contributed by atoms with Crippen molar-refractivity contribution in [2.45, 2.75) is 10.9 Å². The standard InChI is InChI=1S/C8H7ClO2.C2H2Cl2O/c9-8(11)7(10)6-4-2-1-3-5-6;3-2(4)1-5/h1-5,7,10H;1-2H. The van der Waals surface area contributed by atoms with Gasteiger partial charge in [0.2, 0.25) is 0 Å². The molecular weight excluding hydrogens is 274 g/mol. The number of carbonyl (C=O) groups excluding carboxylic acids is 2. The summed E-state index contributed by atoms with van der Waals surface area (Å²) in [6.45, 7) is 0. The lowest BCUT2D eigenvalue weighted by Gasteiger charge is -2.03. The van der Waals surface area contributed by atoms with Crippen LogP contribution in [0.15, 0.2) is 30.3 Å². The lowest BCUT2D eigenvalue weighted by atomic mass is 10.1. The maximum atomic E-state index is 10.5. The van der Waals surface area contributed by atoms with Crippen molar-refractivity contribution in [1.82, 2.24) is 0 Å². The molecule has 0 spiro atoms. The Hall–Kier alpha value is -0.610. The molecule has 6 heteroatoms. The molecule has 0 aromatic heterocycles. The maximum Gasteiger partial charge on any atom is 0.254 e. The van der Waals surface area contributed by atoms with Crippen LogP contribution in [-0.4, -0.2) is 21.5 Å². The van der Waals surface area contributed by atoms with Gasteiger partial charge >= 0.3 is 0 Å². The molecular formula is C10H9Cl3O3. The summed E-state index contributed by atoms with van der Waals surface area (Å²) < 4.78 is 0. The van der Waals surface area contributed by atoms with Crippen LogP contribution in [-0.2, 0) is 9.59 Å². The number of halogens is 3. The van der Waals surface area contributed by atoms with Gasteiger partial charge in [-0.1, -0.05) is 53.5 Å². The minimum absolute atomic E-state index is 0.448. The molecule has 0 saturated carbocycles. The summed E-state index contributed by atoms with van der Waals surface area (Å²) in [5.41, 5.74) is 0.521. The van der Waals surface area contributed by atoms with Crippen molar-refractivity contribution in [1.29, 1.82) is 0 Å². The van der Waals surface area contributed by atoms with Crippen LogP contribution in [0.5, 0.6) is 0 Å². The largest absolute Gasteiger partial charge is 0.379 e. The van der Waals surface area contributed by atoms with E-state index >= 15 is 0 Å². The average molecular weight is 284 g/mol. The molecule has 1 rings (SSSR count). The summed E-state index contributed by atoms with van der Waals surface area (Å²) in [4.78, 5) is 18.8. The van der Waals surface area contributed by atoms with Gasteiger partial charge in [0.25, 0.3) is 5.24 Å². The van der Waals surface area contributed by atoms with Gasteiger partial charge in [0.05, 0.1) is 0 Å². The monoisotopic (exact) mass is 282 g/mol. The second-order valence-electron chi connectivity index (χ2n) is 2.59. The zero-order valence-electron chi connectivity index (χ0n) is 8.02. The quantitative estimate of drug-likeness (QED) is 0.527. The molecule has 1 aromatic rings. The second-order valence-corrected chi connectivity index (χ2v) is 4.12. The number of benzene rings is 1. The van der Waals surface area contributed by atoms with Crippen LogP contribution in [0.3, 0.4) is 0 Å². The first kappa shape index (κ1) is 15.4. The molecule has 1 unspecified atom stereocenters. The molecule has 0 heterocycles. The highest BCUT2D eigenvalue weighted by Gasteiger charge is 2.12. The van der Waals surface area contributed by atoms with Crippen LogP contribution in [0.4, 0.5) is 0 Å². The van der Waals surface area contributed by atoms with Gasteiger partial charge in [0, 0.05) is 0 Å². The van der Waals surface area contributed by atoms with Gasteiger partial charge in [0.1, 0.15) is 0 Å². The van der Waals surface area contributed by atoms with E-state index in [1.807, 2.05) is 0 Å². The number of alkyl halides is 2. The Balaban J connectivity index is 0.000000385. The Labute approximate surface area is 108 Å². The van der Waals surface area contributed by atoms with Crippen LogP contribution in [0.25, 0.3) is 0 Å². The van der Waals surface area contributed by atoms with Gasteiger partial charge in [-0.05, 0) is 17.2 Å². The predicted molar refractivity (Wildman–Crippen MR) is 63.8 cm³/mol. The third-order valence-corrected chi connectivity index (χ3v) is 1.85. The van der Waals surface area contributed by atoms with E-state index < -0.39 is 16.2 Å². The van der Waals surface area contributed by atoms with E-state index in [4.69, 9.17) is 39.9 Å². The molecule has 88 valence electrons. The molecule has 16 heavy (non-hydrogen) atoms. The number of aliphatic hydroxyl groups excluding tert-OH is 1. The number of aldehydes is 1. The summed E-state index contributed by atoms with van der Waals surface area (Å²) in [5.74, 6) is 0. The van der Waals surface area contributed by atoms with E-state index in [9.17, 15) is 9.59 Å². The van der Waals surface area contributed by atoms with Crippen molar-refractivity contribution in [3.8, 4) is 0 Å². The van der Waals surface area contributed by atoms with E-state index in [-0.39, 0.29) is 0 Å². The SMILES string of the molecule is O=C(Cl)C(O)c1ccccc1.O=CC(Cl)Cl. The smallest absolute Gasteiger partial charge is 0.254 e. The maximum absolute atomic E-state index is 10.5. The molecule has 0 fully saturated rings. The summed E-state index contributed by atoms with van der Waals surface area (Å²) in [6.07, 6.45) is -0.749. The number of carbonyl (C=O) groups is 2. The molecule has 0 bridgehead atoms. The Morgan fingerprint density at radius 2 is 1.69 bits per heavy atom. The fourth-order valence-electron chi connectivity index (χ4n) is 0.766. The number of hydrogen-bond donors (Lipinski definition) is 1. The van der Waals surface area contributed by atoms with Crippen LogP contribution in [0, 0.1) is 0 Å². The van der Waals surface area contributed by atoms with Gasteiger partial charge in [-0.2, -0.15) is 0 Å². The molecule has 3 nitrogen and oxygen atoms in total. The summed E-state index contributed by atoms with van der Waals surface area (Å²) in [6, 6.07) is 8.56. The number of rotatable bonds is 3. The van der Waals surface area contributed by atoms with Gasteiger partial charge < -0.3 is 9.90 Å². The third kappa shape index (κ3) is 6.80. The second kappa shape index (κ2) is 8.53. The van der Waals surface area contributed by atoms with E-state index in [0.29, 0.717) is 11.8 Å². The van der Waals surface area contributed by atoms with Crippen LogP contribution in [0.2, 0.25) is 0 Å². The van der Waals surface area contributed by atoms with Gasteiger partial charge in [0.15, 0.2) is 17.2 Å². The fraction of sp³-hybridized carbons (Fsp3) is 0.200. The zero-order valence-corrected chi connectivity index (χ0v) is 10.3. The van der Waals surface area contributed by atoms with Crippen LogP contribution < -0.4 is 0 Å². The first-order valence-electron chi connectivity index (χ1n) is 4.14. The Kier molecular flexibility index (Phi) is 8.21. The van der Waals surface area contributed by atoms with Crippen LogP contribution >= 0.6 is 34.8 Å². The topological polar surface area (TPSA) is 54.4 Å². The highest BCUT2D eigenvalue weighted by molar-refractivity contribution is 6.64.